The number of allylic oxidation sites excluding steroid dienone is 2. The van der Waals surface area contributed by atoms with Gasteiger partial charge in [-0.25, -0.2) is 0 Å². The molecule has 1 heteroatoms. The molecule has 0 heterocycles. The van der Waals surface area contributed by atoms with Crippen molar-refractivity contribution in [1.82, 2.24) is 0 Å². The maximum atomic E-state index is 10.2. The number of rotatable bonds is 22. The van der Waals surface area contributed by atoms with Crippen molar-refractivity contribution in [2.75, 3.05) is 0 Å². The van der Waals surface area contributed by atoms with E-state index in [9.17, 15) is 4.79 Å². The van der Waals surface area contributed by atoms with Crippen LogP contribution in [0.15, 0.2) is 12.2 Å². The summed E-state index contributed by atoms with van der Waals surface area (Å²) in [6.45, 7) is 4.68. The first kappa shape index (κ1) is 26.4. The van der Waals surface area contributed by atoms with Gasteiger partial charge in [-0.3, -0.25) is 0 Å². The Bertz CT molecular complexity index is 307. The molecule has 0 amide bonds. The third-order valence-corrected chi connectivity index (χ3v) is 5.89. The molecule has 0 aliphatic carbocycles. The second kappa shape index (κ2) is 23.4. The molecular formula is C26H50O. The third kappa shape index (κ3) is 21.6. The molecule has 0 fully saturated rings. The van der Waals surface area contributed by atoms with E-state index in [1.54, 1.807) is 0 Å². The second-order valence-electron chi connectivity index (χ2n) is 8.45. The molecule has 0 aromatic heterocycles. The molecule has 0 saturated carbocycles. The Labute approximate surface area is 171 Å². The van der Waals surface area contributed by atoms with Crippen molar-refractivity contribution >= 4 is 6.29 Å². The van der Waals surface area contributed by atoms with Crippen LogP contribution >= 0.6 is 0 Å². The van der Waals surface area contributed by atoms with Gasteiger partial charge in [-0.2, -0.15) is 0 Å². The van der Waals surface area contributed by atoms with Gasteiger partial charge in [0.2, 0.25) is 0 Å². The lowest BCUT2D eigenvalue weighted by Crippen LogP contribution is -1.99. The van der Waals surface area contributed by atoms with Crippen LogP contribution in [-0.4, -0.2) is 6.29 Å². The lowest BCUT2D eigenvalue weighted by atomic mass is 9.92. The molecule has 0 aliphatic heterocycles. The molecule has 1 unspecified atom stereocenters. The summed E-state index contributed by atoms with van der Waals surface area (Å²) in [5.41, 5.74) is 0. The van der Waals surface area contributed by atoms with E-state index in [0.29, 0.717) is 0 Å². The first-order valence-electron chi connectivity index (χ1n) is 12.4. The summed E-state index contributed by atoms with van der Waals surface area (Å²) in [6.07, 6.45) is 32.4. The minimum Gasteiger partial charge on any atom is -0.303 e. The largest absolute Gasteiger partial charge is 0.303 e. The number of carbonyl (C=O) groups is 1. The molecule has 1 atom stereocenters. The Morgan fingerprint density at radius 1 is 0.556 bits per heavy atom. The lowest BCUT2D eigenvalue weighted by Gasteiger charge is -2.14. The van der Waals surface area contributed by atoms with Crippen molar-refractivity contribution in [3.05, 3.63) is 12.2 Å². The molecular weight excluding hydrogens is 328 g/mol. The molecule has 0 N–H and O–H groups in total. The van der Waals surface area contributed by atoms with E-state index in [1.165, 1.54) is 116 Å². The minimum atomic E-state index is 0.748. The fourth-order valence-electron chi connectivity index (χ4n) is 3.89. The SMILES string of the molecule is CCCCCC(CC)CCCCCCCC/C=C\CCCCCCCC=O. The molecule has 0 radical (unpaired) electrons. The van der Waals surface area contributed by atoms with Crippen LogP contribution in [0.1, 0.15) is 142 Å². The highest BCUT2D eigenvalue weighted by Gasteiger charge is 2.05. The zero-order chi connectivity index (χ0) is 19.8. The van der Waals surface area contributed by atoms with Gasteiger partial charge in [-0.1, -0.05) is 116 Å². The highest BCUT2D eigenvalue weighted by atomic mass is 16.1. The van der Waals surface area contributed by atoms with Gasteiger partial charge in [0.15, 0.2) is 0 Å². The summed E-state index contributed by atoms with van der Waals surface area (Å²) in [4.78, 5) is 10.2. The van der Waals surface area contributed by atoms with Crippen LogP contribution < -0.4 is 0 Å². The number of carbonyl (C=O) groups excluding carboxylic acids is 1. The van der Waals surface area contributed by atoms with Crippen LogP contribution in [0.5, 0.6) is 0 Å². The molecule has 0 aliphatic rings. The van der Waals surface area contributed by atoms with E-state index in [2.05, 4.69) is 26.0 Å². The van der Waals surface area contributed by atoms with Crippen LogP contribution in [0.3, 0.4) is 0 Å². The summed E-state index contributed by atoms with van der Waals surface area (Å²) in [5, 5.41) is 0. The van der Waals surface area contributed by atoms with Gasteiger partial charge in [0.25, 0.3) is 0 Å². The Kier molecular flexibility index (Phi) is 22.9. The molecule has 0 saturated heterocycles. The Hall–Kier alpha value is -0.590. The number of hydrogen-bond donors (Lipinski definition) is 0. The predicted octanol–water partition coefficient (Wildman–Crippen LogP) is 9.20. The monoisotopic (exact) mass is 378 g/mol. The van der Waals surface area contributed by atoms with E-state index >= 15 is 0 Å². The summed E-state index contributed by atoms with van der Waals surface area (Å²) in [7, 11) is 0. The van der Waals surface area contributed by atoms with E-state index in [4.69, 9.17) is 0 Å². The van der Waals surface area contributed by atoms with Crippen LogP contribution in [-0.2, 0) is 4.79 Å². The maximum absolute atomic E-state index is 10.2. The van der Waals surface area contributed by atoms with Gasteiger partial charge >= 0.3 is 0 Å². The Morgan fingerprint density at radius 3 is 1.48 bits per heavy atom. The average molecular weight is 379 g/mol. The molecule has 0 bridgehead atoms. The quantitative estimate of drug-likeness (QED) is 0.104. The Morgan fingerprint density at radius 2 is 1.00 bits per heavy atom. The molecule has 27 heavy (non-hydrogen) atoms. The molecule has 0 aromatic carbocycles. The first-order chi connectivity index (χ1) is 13.3. The lowest BCUT2D eigenvalue weighted by molar-refractivity contribution is -0.107. The molecule has 0 aromatic rings. The summed E-state index contributed by atoms with van der Waals surface area (Å²) < 4.78 is 0. The van der Waals surface area contributed by atoms with Crippen LogP contribution in [0.25, 0.3) is 0 Å². The van der Waals surface area contributed by atoms with Gasteiger partial charge in [0, 0.05) is 6.42 Å². The van der Waals surface area contributed by atoms with Crippen molar-refractivity contribution in [1.29, 1.82) is 0 Å². The molecule has 0 rings (SSSR count). The molecule has 1 nitrogen and oxygen atoms in total. The minimum absolute atomic E-state index is 0.748. The van der Waals surface area contributed by atoms with E-state index in [1.807, 2.05) is 0 Å². The highest BCUT2D eigenvalue weighted by molar-refractivity contribution is 5.48. The fraction of sp³-hybridized carbons (Fsp3) is 0.885. The third-order valence-electron chi connectivity index (χ3n) is 5.89. The van der Waals surface area contributed by atoms with Crippen LogP contribution in [0.4, 0.5) is 0 Å². The number of unbranched alkanes of at least 4 members (excludes halogenated alkanes) is 14. The highest BCUT2D eigenvalue weighted by Crippen LogP contribution is 2.21. The average Bonchev–Trinajstić information content (AvgIpc) is 2.69. The standard InChI is InChI=1S/C26H50O/c1-3-5-20-23-26(4-2)24-21-18-16-14-12-10-8-6-7-9-11-13-15-17-19-22-25-27/h6-7,25-26H,3-5,8-24H2,1-2H3/b7-6-. The van der Waals surface area contributed by atoms with Crippen molar-refractivity contribution in [3.8, 4) is 0 Å². The van der Waals surface area contributed by atoms with E-state index < -0.39 is 0 Å². The zero-order valence-electron chi connectivity index (χ0n) is 18.9. The second-order valence-corrected chi connectivity index (χ2v) is 8.45. The van der Waals surface area contributed by atoms with E-state index in [0.717, 1.165) is 25.0 Å². The Balaban J connectivity index is 3.24. The van der Waals surface area contributed by atoms with Crippen molar-refractivity contribution in [2.24, 2.45) is 5.92 Å². The van der Waals surface area contributed by atoms with Crippen LogP contribution in [0.2, 0.25) is 0 Å². The predicted molar refractivity (Wildman–Crippen MR) is 122 cm³/mol. The van der Waals surface area contributed by atoms with Gasteiger partial charge in [0.05, 0.1) is 0 Å². The van der Waals surface area contributed by atoms with Gasteiger partial charge in [-0.15, -0.1) is 0 Å². The number of hydrogen-bond acceptors (Lipinski definition) is 1. The summed E-state index contributed by atoms with van der Waals surface area (Å²) >= 11 is 0. The molecule has 0 spiro atoms. The normalized spacial score (nSPS) is 12.7. The topological polar surface area (TPSA) is 17.1 Å². The zero-order valence-corrected chi connectivity index (χ0v) is 18.9. The maximum Gasteiger partial charge on any atom is 0.119 e. The van der Waals surface area contributed by atoms with E-state index in [-0.39, 0.29) is 0 Å². The van der Waals surface area contributed by atoms with Crippen molar-refractivity contribution < 1.29 is 4.79 Å². The van der Waals surface area contributed by atoms with Gasteiger partial charge < -0.3 is 4.79 Å². The molecule has 160 valence electrons. The number of aldehydes is 1. The van der Waals surface area contributed by atoms with Crippen molar-refractivity contribution in [2.45, 2.75) is 142 Å². The summed E-state index contributed by atoms with van der Waals surface area (Å²) in [6, 6.07) is 0. The van der Waals surface area contributed by atoms with Gasteiger partial charge in [0.1, 0.15) is 6.29 Å². The van der Waals surface area contributed by atoms with Crippen molar-refractivity contribution in [3.63, 3.8) is 0 Å². The van der Waals surface area contributed by atoms with Gasteiger partial charge in [-0.05, 0) is 38.0 Å². The van der Waals surface area contributed by atoms with Crippen LogP contribution in [0, 0.1) is 5.92 Å². The first-order valence-corrected chi connectivity index (χ1v) is 12.4. The smallest absolute Gasteiger partial charge is 0.119 e. The summed E-state index contributed by atoms with van der Waals surface area (Å²) in [5.74, 6) is 0.998. The fourth-order valence-corrected chi connectivity index (χ4v) is 3.89.